The van der Waals surface area contributed by atoms with Crippen molar-refractivity contribution in [2.45, 2.75) is 25.7 Å². The first-order chi connectivity index (χ1) is 6.22. The van der Waals surface area contributed by atoms with Gasteiger partial charge >= 0.3 is 0 Å². The van der Waals surface area contributed by atoms with Gasteiger partial charge in [0.05, 0.1) is 22.9 Å². The van der Waals surface area contributed by atoms with Gasteiger partial charge in [-0.3, -0.25) is 13.1 Å². The van der Waals surface area contributed by atoms with Crippen LogP contribution in [0, 0.1) is 5.92 Å². The summed E-state index contributed by atoms with van der Waals surface area (Å²) in [5.74, 6) is 0.634. The van der Waals surface area contributed by atoms with Gasteiger partial charge in [-0.15, -0.1) is 0 Å². The summed E-state index contributed by atoms with van der Waals surface area (Å²) in [5, 5.41) is 2.72. The molecular formula is C8H13IN2O2. The number of nitrogens with one attached hydrogen (secondary N) is 2. The lowest BCUT2D eigenvalue weighted by molar-refractivity contribution is -0.121. The molecule has 0 spiro atoms. The molecule has 0 heterocycles. The Balaban J connectivity index is 1.97. The molecule has 1 aliphatic rings. The highest BCUT2D eigenvalue weighted by Crippen LogP contribution is 2.31. The second-order valence-electron chi connectivity index (χ2n) is 3.27. The molecule has 4 nitrogen and oxygen atoms in total. The first-order valence-electron chi connectivity index (χ1n) is 4.38. The van der Waals surface area contributed by atoms with Crippen molar-refractivity contribution in [3.05, 3.63) is 0 Å². The van der Waals surface area contributed by atoms with Crippen LogP contribution in [0.5, 0.6) is 0 Å². The van der Waals surface area contributed by atoms with Gasteiger partial charge in [0, 0.05) is 19.4 Å². The van der Waals surface area contributed by atoms with Gasteiger partial charge in [-0.25, -0.2) is 0 Å². The monoisotopic (exact) mass is 296 g/mol. The zero-order chi connectivity index (χ0) is 9.68. The third-order valence-corrected chi connectivity index (χ3v) is 2.55. The lowest BCUT2D eigenvalue weighted by Gasteiger charge is -2.02. The SMILES string of the molecule is O=C(CCNC(=O)CC1CC1)NI. The summed E-state index contributed by atoms with van der Waals surface area (Å²) in [7, 11) is 0. The molecule has 0 unspecified atom stereocenters. The van der Waals surface area contributed by atoms with E-state index in [0.29, 0.717) is 25.3 Å². The van der Waals surface area contributed by atoms with E-state index in [-0.39, 0.29) is 11.8 Å². The van der Waals surface area contributed by atoms with Crippen LogP contribution in [0.25, 0.3) is 0 Å². The van der Waals surface area contributed by atoms with Crippen molar-refractivity contribution in [1.29, 1.82) is 0 Å². The zero-order valence-electron chi connectivity index (χ0n) is 7.31. The van der Waals surface area contributed by atoms with Crippen molar-refractivity contribution < 1.29 is 9.59 Å². The first-order valence-corrected chi connectivity index (χ1v) is 5.46. The molecule has 0 aromatic carbocycles. The highest BCUT2D eigenvalue weighted by molar-refractivity contribution is 14.1. The van der Waals surface area contributed by atoms with E-state index in [0.717, 1.165) is 0 Å². The number of carbonyl (C=O) groups excluding carboxylic acids is 2. The molecule has 0 saturated heterocycles. The Hall–Kier alpha value is -0.330. The topological polar surface area (TPSA) is 58.2 Å². The van der Waals surface area contributed by atoms with Crippen LogP contribution in [-0.2, 0) is 9.59 Å². The van der Waals surface area contributed by atoms with Crippen molar-refractivity contribution in [1.82, 2.24) is 8.85 Å². The van der Waals surface area contributed by atoms with Crippen molar-refractivity contribution in [3.8, 4) is 0 Å². The third kappa shape index (κ3) is 5.07. The molecule has 0 atom stereocenters. The molecule has 1 fully saturated rings. The summed E-state index contributed by atoms with van der Waals surface area (Å²) >= 11 is 1.79. The molecule has 2 N–H and O–H groups in total. The molecule has 1 saturated carbocycles. The van der Waals surface area contributed by atoms with Gasteiger partial charge in [0.2, 0.25) is 11.8 Å². The molecule has 0 aromatic heterocycles. The summed E-state index contributed by atoms with van der Waals surface area (Å²) < 4.78 is 2.47. The standard InChI is InChI=1S/C8H13IN2O2/c9-11-7(12)3-4-10-8(13)5-6-1-2-6/h6H,1-5H2,(H,10,13)(H,11,12). The minimum Gasteiger partial charge on any atom is -0.356 e. The third-order valence-electron chi connectivity index (χ3n) is 1.95. The maximum atomic E-state index is 11.1. The minimum atomic E-state index is -0.0488. The van der Waals surface area contributed by atoms with Crippen molar-refractivity contribution in [2.24, 2.45) is 5.92 Å². The van der Waals surface area contributed by atoms with E-state index in [4.69, 9.17) is 0 Å². The average Bonchev–Trinajstić information content (AvgIpc) is 2.88. The molecule has 5 heteroatoms. The van der Waals surface area contributed by atoms with E-state index >= 15 is 0 Å². The predicted octanol–water partition coefficient (Wildman–Crippen LogP) is 0.759. The fourth-order valence-corrected chi connectivity index (χ4v) is 1.29. The van der Waals surface area contributed by atoms with Gasteiger partial charge < -0.3 is 5.32 Å². The van der Waals surface area contributed by atoms with E-state index in [1.807, 2.05) is 0 Å². The van der Waals surface area contributed by atoms with Crippen LogP contribution in [0.3, 0.4) is 0 Å². The average molecular weight is 296 g/mol. The van der Waals surface area contributed by atoms with Crippen LogP contribution in [0.2, 0.25) is 0 Å². The summed E-state index contributed by atoms with van der Waals surface area (Å²) in [6.07, 6.45) is 3.36. The smallest absolute Gasteiger partial charge is 0.230 e. The molecule has 1 rings (SSSR count). The Morgan fingerprint density at radius 3 is 2.54 bits per heavy atom. The van der Waals surface area contributed by atoms with Crippen LogP contribution in [-0.4, -0.2) is 18.4 Å². The summed E-state index contributed by atoms with van der Waals surface area (Å²) in [4.78, 5) is 21.9. The number of halogens is 1. The lowest BCUT2D eigenvalue weighted by Crippen LogP contribution is -2.27. The number of rotatable bonds is 5. The Bertz CT molecular complexity index is 204. The van der Waals surface area contributed by atoms with Gasteiger partial charge in [0.1, 0.15) is 0 Å². The molecule has 13 heavy (non-hydrogen) atoms. The quantitative estimate of drug-likeness (QED) is 0.581. The van der Waals surface area contributed by atoms with Crippen LogP contribution in [0.1, 0.15) is 25.7 Å². The summed E-state index contributed by atoms with van der Waals surface area (Å²) in [6, 6.07) is 0. The van der Waals surface area contributed by atoms with Crippen molar-refractivity contribution in [2.75, 3.05) is 6.54 Å². The van der Waals surface area contributed by atoms with E-state index in [1.165, 1.54) is 12.8 Å². The van der Waals surface area contributed by atoms with Gasteiger partial charge in [-0.1, -0.05) is 0 Å². The van der Waals surface area contributed by atoms with Gasteiger partial charge in [-0.2, -0.15) is 0 Å². The van der Waals surface area contributed by atoms with E-state index in [1.54, 1.807) is 22.9 Å². The molecular weight excluding hydrogens is 283 g/mol. The Labute approximate surface area is 91.3 Å². The zero-order valence-corrected chi connectivity index (χ0v) is 9.46. The fraction of sp³-hybridized carbons (Fsp3) is 0.750. The molecule has 0 aromatic rings. The van der Waals surface area contributed by atoms with Crippen LogP contribution < -0.4 is 8.85 Å². The molecule has 74 valence electrons. The minimum absolute atomic E-state index is 0.0488. The Morgan fingerprint density at radius 2 is 2.00 bits per heavy atom. The Kier molecular flexibility index (Phi) is 4.47. The van der Waals surface area contributed by atoms with Gasteiger partial charge in [0.15, 0.2) is 0 Å². The number of hydrogen-bond acceptors (Lipinski definition) is 2. The van der Waals surface area contributed by atoms with Gasteiger partial charge in [0.25, 0.3) is 0 Å². The second-order valence-corrected chi connectivity index (χ2v) is 3.80. The van der Waals surface area contributed by atoms with Crippen LogP contribution >= 0.6 is 22.9 Å². The van der Waals surface area contributed by atoms with E-state index < -0.39 is 0 Å². The predicted molar refractivity (Wildman–Crippen MR) is 57.1 cm³/mol. The first kappa shape index (κ1) is 10.7. The highest BCUT2D eigenvalue weighted by Gasteiger charge is 2.23. The van der Waals surface area contributed by atoms with Crippen molar-refractivity contribution in [3.63, 3.8) is 0 Å². The largest absolute Gasteiger partial charge is 0.356 e. The molecule has 0 bridgehead atoms. The molecule has 2 amide bonds. The Morgan fingerprint density at radius 1 is 1.31 bits per heavy atom. The van der Waals surface area contributed by atoms with E-state index in [9.17, 15) is 9.59 Å². The lowest BCUT2D eigenvalue weighted by atomic mass is 10.3. The molecule has 0 aliphatic heterocycles. The van der Waals surface area contributed by atoms with E-state index in [2.05, 4.69) is 8.85 Å². The van der Waals surface area contributed by atoms with Crippen LogP contribution in [0.15, 0.2) is 0 Å². The molecule has 1 aliphatic carbocycles. The number of amides is 2. The highest BCUT2D eigenvalue weighted by atomic mass is 127. The van der Waals surface area contributed by atoms with Gasteiger partial charge in [-0.05, 0) is 18.8 Å². The van der Waals surface area contributed by atoms with Crippen LogP contribution in [0.4, 0.5) is 0 Å². The summed E-state index contributed by atoms with van der Waals surface area (Å²) in [6.45, 7) is 0.445. The maximum Gasteiger partial charge on any atom is 0.230 e. The number of hydrogen-bond donors (Lipinski definition) is 2. The summed E-state index contributed by atoms with van der Waals surface area (Å²) in [5.41, 5.74) is 0. The number of carbonyl (C=O) groups is 2. The normalized spacial score (nSPS) is 15.2. The van der Waals surface area contributed by atoms with Crippen molar-refractivity contribution >= 4 is 34.7 Å². The fourth-order valence-electron chi connectivity index (χ4n) is 1.02. The maximum absolute atomic E-state index is 11.1. The second kappa shape index (κ2) is 5.41. The molecule has 0 radical (unpaired) electrons.